The Bertz CT molecular complexity index is 394. The summed E-state index contributed by atoms with van der Waals surface area (Å²) >= 11 is 0. The summed E-state index contributed by atoms with van der Waals surface area (Å²) in [4.78, 5) is 22.7. The number of carbonyl (C=O) groups is 2. The van der Waals surface area contributed by atoms with Crippen LogP contribution in [0.3, 0.4) is 0 Å². The monoisotopic (exact) mass is 179 g/mol. The molecule has 2 rings (SSSR count). The first-order valence-electron chi connectivity index (χ1n) is 4.01. The maximum absolute atomic E-state index is 11.5. The molecule has 1 amide bonds. The van der Waals surface area contributed by atoms with Gasteiger partial charge in [-0.1, -0.05) is 0 Å². The summed E-state index contributed by atoms with van der Waals surface area (Å²) in [6.45, 7) is 3.34. The third-order valence-electron chi connectivity index (χ3n) is 2.06. The smallest absolute Gasteiger partial charge is 0.261 e. The molecule has 0 unspecified atom stereocenters. The predicted molar refractivity (Wildman–Crippen MR) is 45.4 cm³/mol. The summed E-state index contributed by atoms with van der Waals surface area (Å²) in [5.74, 6) is -0.721. The van der Waals surface area contributed by atoms with E-state index in [1.165, 1.54) is 4.68 Å². The first kappa shape index (κ1) is 7.97. The first-order chi connectivity index (χ1) is 6.09. The molecule has 2 heterocycles. The van der Waals surface area contributed by atoms with E-state index < -0.39 is 5.92 Å². The Hall–Kier alpha value is -1.65. The van der Waals surface area contributed by atoms with Crippen molar-refractivity contribution in [2.24, 2.45) is 5.92 Å². The number of aromatic nitrogens is 2. The van der Waals surface area contributed by atoms with E-state index in [2.05, 4.69) is 10.4 Å². The van der Waals surface area contributed by atoms with Gasteiger partial charge in [0.2, 0.25) is 5.91 Å². The summed E-state index contributed by atoms with van der Waals surface area (Å²) in [5, 5.41) is 6.57. The Morgan fingerprint density at radius 3 is 2.92 bits per heavy atom. The number of rotatable bonds is 0. The lowest BCUT2D eigenvalue weighted by atomic mass is 10.1. The van der Waals surface area contributed by atoms with Crippen molar-refractivity contribution in [3.8, 4) is 0 Å². The zero-order valence-electron chi connectivity index (χ0n) is 7.37. The molecule has 5 heteroatoms. The molecule has 0 fully saturated rings. The lowest BCUT2D eigenvalue weighted by molar-refractivity contribution is -0.118. The molecule has 68 valence electrons. The molecule has 1 aromatic rings. The molecule has 0 saturated heterocycles. The summed E-state index contributed by atoms with van der Waals surface area (Å²) < 4.78 is 1.24. The van der Waals surface area contributed by atoms with Crippen molar-refractivity contribution in [3.05, 3.63) is 11.8 Å². The van der Waals surface area contributed by atoms with Crippen molar-refractivity contribution in [2.75, 3.05) is 5.32 Å². The minimum Gasteiger partial charge on any atom is -0.310 e. The van der Waals surface area contributed by atoms with E-state index in [1.54, 1.807) is 19.9 Å². The van der Waals surface area contributed by atoms with E-state index >= 15 is 0 Å². The van der Waals surface area contributed by atoms with Gasteiger partial charge in [0.25, 0.3) is 5.91 Å². The van der Waals surface area contributed by atoms with Crippen LogP contribution in [0.1, 0.15) is 17.4 Å². The van der Waals surface area contributed by atoms with Crippen LogP contribution in [0.15, 0.2) is 6.07 Å². The Balaban J connectivity index is 2.54. The van der Waals surface area contributed by atoms with Gasteiger partial charge in [-0.25, -0.2) is 0 Å². The van der Waals surface area contributed by atoms with Crippen molar-refractivity contribution in [1.82, 2.24) is 9.78 Å². The molecule has 0 aromatic carbocycles. The highest BCUT2D eigenvalue weighted by molar-refractivity contribution is 6.10. The van der Waals surface area contributed by atoms with E-state index in [0.717, 1.165) is 5.69 Å². The van der Waals surface area contributed by atoms with E-state index in [-0.39, 0.29) is 11.8 Å². The standard InChI is InChI=1S/C8H9N3O2/c1-4-3-6-9-7(12)5(2)8(13)11(6)10-4/h3,5H,1-2H3,(H,9,12)/t5-/m1/s1. The fraction of sp³-hybridized carbons (Fsp3) is 0.375. The molecular formula is C8H9N3O2. The number of nitrogens with one attached hydrogen (secondary N) is 1. The third kappa shape index (κ3) is 1.04. The van der Waals surface area contributed by atoms with Crippen LogP contribution in [-0.2, 0) is 4.79 Å². The van der Waals surface area contributed by atoms with Crippen molar-refractivity contribution in [1.29, 1.82) is 0 Å². The Morgan fingerprint density at radius 2 is 2.23 bits per heavy atom. The molecule has 1 N–H and O–H groups in total. The van der Waals surface area contributed by atoms with Crippen molar-refractivity contribution < 1.29 is 9.59 Å². The van der Waals surface area contributed by atoms with Crippen LogP contribution in [0.25, 0.3) is 0 Å². The van der Waals surface area contributed by atoms with Crippen molar-refractivity contribution >= 4 is 17.6 Å². The zero-order chi connectivity index (χ0) is 9.59. The average molecular weight is 179 g/mol. The Morgan fingerprint density at radius 1 is 1.54 bits per heavy atom. The van der Waals surface area contributed by atoms with Crippen LogP contribution < -0.4 is 5.32 Å². The van der Waals surface area contributed by atoms with E-state index in [0.29, 0.717) is 5.82 Å². The molecule has 0 saturated carbocycles. The quantitative estimate of drug-likeness (QED) is 0.587. The van der Waals surface area contributed by atoms with Gasteiger partial charge in [0, 0.05) is 6.07 Å². The minimum absolute atomic E-state index is 0.266. The number of nitrogens with zero attached hydrogens (tertiary/aromatic N) is 2. The highest BCUT2D eigenvalue weighted by atomic mass is 16.2. The average Bonchev–Trinajstić information content (AvgIpc) is 2.42. The Kier molecular flexibility index (Phi) is 1.48. The van der Waals surface area contributed by atoms with Gasteiger partial charge in [-0.05, 0) is 13.8 Å². The SMILES string of the molecule is Cc1cc2n(n1)C(=O)[C@H](C)C(=O)N2. The van der Waals surface area contributed by atoms with Crippen LogP contribution in [0.5, 0.6) is 0 Å². The summed E-state index contributed by atoms with van der Waals surface area (Å²) in [5.41, 5.74) is 0.720. The van der Waals surface area contributed by atoms with Gasteiger partial charge in [0.1, 0.15) is 11.7 Å². The zero-order valence-corrected chi connectivity index (χ0v) is 7.37. The van der Waals surface area contributed by atoms with Gasteiger partial charge < -0.3 is 5.32 Å². The van der Waals surface area contributed by atoms with E-state index in [4.69, 9.17) is 0 Å². The lowest BCUT2D eigenvalue weighted by Gasteiger charge is -2.17. The highest BCUT2D eigenvalue weighted by Crippen LogP contribution is 2.18. The van der Waals surface area contributed by atoms with Gasteiger partial charge >= 0.3 is 0 Å². The predicted octanol–water partition coefficient (Wildman–Crippen LogP) is 0.420. The van der Waals surface area contributed by atoms with Gasteiger partial charge in [-0.3, -0.25) is 9.59 Å². The molecule has 13 heavy (non-hydrogen) atoms. The third-order valence-corrected chi connectivity index (χ3v) is 2.06. The fourth-order valence-corrected chi connectivity index (χ4v) is 1.29. The second-order valence-corrected chi connectivity index (χ2v) is 3.13. The lowest BCUT2D eigenvalue weighted by Crippen LogP contribution is -2.37. The molecule has 0 radical (unpaired) electrons. The van der Waals surface area contributed by atoms with Gasteiger partial charge in [-0.15, -0.1) is 0 Å². The summed E-state index contributed by atoms with van der Waals surface area (Å²) in [6.07, 6.45) is 0. The molecule has 1 aliphatic heterocycles. The maximum Gasteiger partial charge on any atom is 0.261 e. The minimum atomic E-state index is -0.646. The number of hydrogen-bond donors (Lipinski definition) is 1. The topological polar surface area (TPSA) is 64.0 Å². The number of aryl methyl sites for hydroxylation is 1. The molecule has 5 nitrogen and oxygen atoms in total. The number of amides is 1. The van der Waals surface area contributed by atoms with Crippen molar-refractivity contribution in [3.63, 3.8) is 0 Å². The second-order valence-electron chi connectivity index (χ2n) is 3.13. The van der Waals surface area contributed by atoms with Gasteiger partial charge in [-0.2, -0.15) is 9.78 Å². The first-order valence-corrected chi connectivity index (χ1v) is 4.01. The molecule has 1 atom stereocenters. The number of anilines is 1. The number of fused-ring (bicyclic) bond motifs is 1. The molecule has 1 aromatic heterocycles. The van der Waals surface area contributed by atoms with Crippen LogP contribution in [0.4, 0.5) is 5.82 Å². The molecular weight excluding hydrogens is 170 g/mol. The molecule has 0 bridgehead atoms. The van der Waals surface area contributed by atoms with Crippen LogP contribution in [-0.4, -0.2) is 21.6 Å². The highest BCUT2D eigenvalue weighted by Gasteiger charge is 2.31. The van der Waals surface area contributed by atoms with Gasteiger partial charge in [0.05, 0.1) is 5.69 Å². The van der Waals surface area contributed by atoms with Crippen LogP contribution in [0.2, 0.25) is 0 Å². The largest absolute Gasteiger partial charge is 0.310 e. The normalized spacial score (nSPS) is 21.2. The van der Waals surface area contributed by atoms with Crippen LogP contribution in [0, 0.1) is 12.8 Å². The second kappa shape index (κ2) is 2.42. The van der Waals surface area contributed by atoms with Gasteiger partial charge in [0.15, 0.2) is 0 Å². The molecule has 0 aliphatic carbocycles. The van der Waals surface area contributed by atoms with Crippen LogP contribution >= 0.6 is 0 Å². The van der Waals surface area contributed by atoms with E-state index in [1.807, 2.05) is 0 Å². The molecule has 1 aliphatic rings. The van der Waals surface area contributed by atoms with Crippen molar-refractivity contribution in [2.45, 2.75) is 13.8 Å². The maximum atomic E-state index is 11.5. The van der Waals surface area contributed by atoms with E-state index in [9.17, 15) is 9.59 Å². The number of hydrogen-bond acceptors (Lipinski definition) is 3. The fourth-order valence-electron chi connectivity index (χ4n) is 1.29. The summed E-state index contributed by atoms with van der Waals surface area (Å²) in [7, 11) is 0. The molecule has 0 spiro atoms. The Labute approximate surface area is 74.7 Å². The summed E-state index contributed by atoms with van der Waals surface area (Å²) in [6, 6.07) is 1.67. The number of carbonyl (C=O) groups excluding carboxylic acids is 2.